The first kappa shape index (κ1) is 12.3. The summed E-state index contributed by atoms with van der Waals surface area (Å²) in [5.74, 6) is 0. The molecule has 1 fully saturated rings. The molecule has 0 atom stereocenters. The molecule has 0 aliphatic heterocycles. The molecule has 3 heterocycles. The third-order valence-corrected chi connectivity index (χ3v) is 4.86. The lowest BCUT2D eigenvalue weighted by molar-refractivity contribution is 0.661. The highest BCUT2D eigenvalue weighted by Gasteiger charge is 2.22. The molecule has 0 bridgehead atoms. The van der Waals surface area contributed by atoms with Crippen molar-refractivity contribution in [2.24, 2.45) is 0 Å². The van der Waals surface area contributed by atoms with Gasteiger partial charge in [-0.05, 0) is 30.7 Å². The molecule has 1 aliphatic carbocycles. The summed E-state index contributed by atoms with van der Waals surface area (Å²) < 4.78 is 2.16. The number of aromatic nitrogens is 4. The van der Waals surface area contributed by atoms with Gasteiger partial charge in [-0.15, -0.1) is 11.3 Å². The summed E-state index contributed by atoms with van der Waals surface area (Å²) in [5, 5.41) is 7.36. The van der Waals surface area contributed by atoms with Gasteiger partial charge in [0.1, 0.15) is 5.03 Å². The molecule has 3 aromatic heterocycles. The number of hydrogen-bond donors (Lipinski definition) is 1. The fourth-order valence-corrected chi connectivity index (χ4v) is 3.62. The van der Waals surface area contributed by atoms with Crippen molar-refractivity contribution in [1.82, 2.24) is 24.7 Å². The quantitative estimate of drug-likeness (QED) is 0.734. The summed E-state index contributed by atoms with van der Waals surface area (Å²) >= 11 is 3.18. The van der Waals surface area contributed by atoms with Gasteiger partial charge in [0.25, 0.3) is 0 Å². The van der Waals surface area contributed by atoms with Gasteiger partial charge in [-0.25, -0.2) is 15.0 Å². The SMILES string of the molecule is c1cnc(Sc2nc3sccn3c2CNC2CC2)nc1. The predicted molar refractivity (Wildman–Crippen MR) is 79.1 cm³/mol. The van der Waals surface area contributed by atoms with E-state index < -0.39 is 0 Å². The standard InChI is InChI=1S/C13H13N5S2/c1-4-14-12(15-5-1)20-11-10(8-16-9-2-3-9)18-6-7-19-13(18)17-11/h1,4-7,9,16H,2-3,8H2. The van der Waals surface area contributed by atoms with Gasteiger partial charge in [0.05, 0.1) is 5.69 Å². The molecule has 1 aliphatic rings. The van der Waals surface area contributed by atoms with Crippen LogP contribution in [0, 0.1) is 0 Å². The van der Waals surface area contributed by atoms with Crippen molar-refractivity contribution >= 4 is 28.1 Å². The van der Waals surface area contributed by atoms with Gasteiger partial charge in [0.2, 0.25) is 0 Å². The zero-order chi connectivity index (χ0) is 13.4. The van der Waals surface area contributed by atoms with Gasteiger partial charge in [-0.3, -0.25) is 4.40 Å². The van der Waals surface area contributed by atoms with Crippen LogP contribution in [0.4, 0.5) is 0 Å². The normalized spacial score (nSPS) is 15.0. The van der Waals surface area contributed by atoms with Crippen LogP contribution in [-0.4, -0.2) is 25.4 Å². The number of imidazole rings is 1. The van der Waals surface area contributed by atoms with Crippen molar-refractivity contribution in [3.8, 4) is 0 Å². The van der Waals surface area contributed by atoms with Crippen LogP contribution in [0.15, 0.2) is 40.2 Å². The number of nitrogens with zero attached hydrogens (tertiary/aromatic N) is 4. The van der Waals surface area contributed by atoms with Crippen LogP contribution in [0.3, 0.4) is 0 Å². The number of thiazole rings is 1. The van der Waals surface area contributed by atoms with Crippen LogP contribution in [0.5, 0.6) is 0 Å². The molecule has 0 radical (unpaired) electrons. The summed E-state index contributed by atoms with van der Waals surface area (Å²) in [5.41, 5.74) is 1.20. The Morgan fingerprint density at radius 3 is 3.00 bits per heavy atom. The van der Waals surface area contributed by atoms with Gasteiger partial charge in [0, 0.05) is 36.6 Å². The molecule has 3 aromatic rings. The van der Waals surface area contributed by atoms with Crippen LogP contribution in [-0.2, 0) is 6.54 Å². The van der Waals surface area contributed by atoms with Crippen molar-refractivity contribution < 1.29 is 0 Å². The summed E-state index contributed by atoms with van der Waals surface area (Å²) in [6.45, 7) is 0.845. The highest BCUT2D eigenvalue weighted by molar-refractivity contribution is 7.99. The van der Waals surface area contributed by atoms with E-state index in [1.165, 1.54) is 30.3 Å². The third-order valence-electron chi connectivity index (χ3n) is 3.19. The molecule has 1 N–H and O–H groups in total. The molecular weight excluding hydrogens is 290 g/mol. The Kier molecular flexibility index (Phi) is 3.17. The summed E-state index contributed by atoms with van der Waals surface area (Å²) in [6, 6.07) is 2.51. The molecule has 5 nitrogen and oxygen atoms in total. The highest BCUT2D eigenvalue weighted by atomic mass is 32.2. The topological polar surface area (TPSA) is 55.1 Å². The van der Waals surface area contributed by atoms with Crippen LogP contribution in [0.2, 0.25) is 0 Å². The monoisotopic (exact) mass is 303 g/mol. The van der Waals surface area contributed by atoms with Gasteiger partial charge in [-0.1, -0.05) is 0 Å². The van der Waals surface area contributed by atoms with E-state index in [0.717, 1.165) is 21.7 Å². The van der Waals surface area contributed by atoms with E-state index in [4.69, 9.17) is 4.98 Å². The Morgan fingerprint density at radius 1 is 1.35 bits per heavy atom. The molecule has 102 valence electrons. The van der Waals surface area contributed by atoms with E-state index in [2.05, 4.69) is 31.3 Å². The van der Waals surface area contributed by atoms with Crippen molar-refractivity contribution in [2.75, 3.05) is 0 Å². The zero-order valence-electron chi connectivity index (χ0n) is 10.7. The van der Waals surface area contributed by atoms with Crippen molar-refractivity contribution in [1.29, 1.82) is 0 Å². The molecular formula is C13H13N5S2. The average Bonchev–Trinajstić information content (AvgIpc) is 3.09. The van der Waals surface area contributed by atoms with E-state index in [1.54, 1.807) is 23.7 Å². The molecule has 1 saturated carbocycles. The van der Waals surface area contributed by atoms with E-state index in [9.17, 15) is 0 Å². The van der Waals surface area contributed by atoms with Crippen LogP contribution < -0.4 is 5.32 Å². The average molecular weight is 303 g/mol. The smallest absolute Gasteiger partial charge is 0.194 e. The number of fused-ring (bicyclic) bond motifs is 1. The lowest BCUT2D eigenvalue weighted by Crippen LogP contribution is -2.16. The molecule has 0 amide bonds. The first-order valence-electron chi connectivity index (χ1n) is 6.53. The Hall–Kier alpha value is -1.44. The van der Waals surface area contributed by atoms with Crippen molar-refractivity contribution in [3.05, 3.63) is 35.7 Å². The van der Waals surface area contributed by atoms with Crippen molar-refractivity contribution in [3.63, 3.8) is 0 Å². The molecule has 0 unspecified atom stereocenters. The largest absolute Gasteiger partial charge is 0.308 e. The van der Waals surface area contributed by atoms with E-state index >= 15 is 0 Å². The van der Waals surface area contributed by atoms with Gasteiger partial charge < -0.3 is 5.32 Å². The number of rotatable bonds is 5. The lowest BCUT2D eigenvalue weighted by Gasteiger charge is -2.04. The van der Waals surface area contributed by atoms with Gasteiger partial charge in [-0.2, -0.15) is 0 Å². The minimum absolute atomic E-state index is 0.685. The second-order valence-electron chi connectivity index (χ2n) is 4.71. The van der Waals surface area contributed by atoms with Crippen LogP contribution in [0.25, 0.3) is 4.96 Å². The molecule has 7 heteroatoms. The second-order valence-corrected chi connectivity index (χ2v) is 6.54. The highest BCUT2D eigenvalue weighted by Crippen LogP contribution is 2.30. The maximum atomic E-state index is 4.69. The van der Waals surface area contributed by atoms with Crippen LogP contribution >= 0.6 is 23.1 Å². The third kappa shape index (κ3) is 2.44. The Bertz CT molecular complexity index is 717. The summed E-state index contributed by atoms with van der Waals surface area (Å²) in [7, 11) is 0. The maximum absolute atomic E-state index is 4.69. The molecule has 0 saturated heterocycles. The second kappa shape index (κ2) is 5.16. The molecule has 20 heavy (non-hydrogen) atoms. The first-order valence-corrected chi connectivity index (χ1v) is 8.22. The molecule has 0 spiro atoms. The summed E-state index contributed by atoms with van der Waals surface area (Å²) in [6.07, 6.45) is 8.17. The number of nitrogens with one attached hydrogen (secondary N) is 1. The summed E-state index contributed by atoms with van der Waals surface area (Å²) in [4.78, 5) is 14.2. The Labute approximate surface area is 124 Å². The maximum Gasteiger partial charge on any atom is 0.194 e. The Morgan fingerprint density at radius 2 is 2.20 bits per heavy atom. The van der Waals surface area contributed by atoms with Crippen molar-refractivity contribution in [2.45, 2.75) is 35.6 Å². The van der Waals surface area contributed by atoms with E-state index in [0.29, 0.717) is 6.04 Å². The number of hydrogen-bond acceptors (Lipinski definition) is 6. The Balaban J connectivity index is 1.65. The minimum atomic E-state index is 0.685. The fraction of sp³-hybridized carbons (Fsp3) is 0.308. The van der Waals surface area contributed by atoms with E-state index in [-0.39, 0.29) is 0 Å². The van der Waals surface area contributed by atoms with Gasteiger partial charge in [0.15, 0.2) is 10.1 Å². The van der Waals surface area contributed by atoms with Gasteiger partial charge >= 0.3 is 0 Å². The fourth-order valence-electron chi connectivity index (χ4n) is 2.01. The molecule has 4 rings (SSSR count). The predicted octanol–water partition coefficient (Wildman–Crippen LogP) is 2.59. The lowest BCUT2D eigenvalue weighted by atomic mass is 10.4. The minimum Gasteiger partial charge on any atom is -0.308 e. The zero-order valence-corrected chi connectivity index (χ0v) is 12.3. The van der Waals surface area contributed by atoms with Crippen LogP contribution in [0.1, 0.15) is 18.5 Å². The first-order chi connectivity index (χ1) is 9.90. The van der Waals surface area contributed by atoms with E-state index in [1.807, 2.05) is 6.07 Å². The molecule has 0 aromatic carbocycles.